The van der Waals surface area contributed by atoms with E-state index in [0.717, 1.165) is 29.8 Å². The van der Waals surface area contributed by atoms with Gasteiger partial charge < -0.3 is 5.11 Å². The van der Waals surface area contributed by atoms with Crippen molar-refractivity contribution in [2.75, 3.05) is 0 Å². The zero-order chi connectivity index (χ0) is 16.1. The lowest BCUT2D eigenvalue weighted by molar-refractivity contribution is 0.0702. The Morgan fingerprint density at radius 1 is 0.957 bits per heavy atom. The summed E-state index contributed by atoms with van der Waals surface area (Å²) in [6.45, 7) is 0. The number of hydrogen-bond donors (Lipinski definition) is 1. The third-order valence-corrected chi connectivity index (χ3v) is 4.71. The highest BCUT2D eigenvalue weighted by molar-refractivity contribution is 7.14. The lowest BCUT2D eigenvalue weighted by Crippen LogP contribution is -1.95. The summed E-state index contributed by atoms with van der Waals surface area (Å²) in [6.07, 6.45) is 2.74. The molecule has 0 saturated carbocycles. The van der Waals surface area contributed by atoms with Crippen molar-refractivity contribution in [3.63, 3.8) is 0 Å². The highest BCUT2D eigenvalue weighted by Gasteiger charge is 2.18. The molecule has 3 nitrogen and oxygen atoms in total. The summed E-state index contributed by atoms with van der Waals surface area (Å²) in [7, 11) is 0. The zero-order valence-electron chi connectivity index (χ0n) is 12.6. The molecule has 0 aliphatic heterocycles. The fourth-order valence-corrected chi connectivity index (χ4v) is 3.46. The van der Waals surface area contributed by atoms with E-state index >= 15 is 0 Å². The maximum atomic E-state index is 11.5. The van der Waals surface area contributed by atoms with E-state index in [1.165, 1.54) is 16.9 Å². The molecule has 0 radical (unpaired) electrons. The number of benzene rings is 2. The van der Waals surface area contributed by atoms with Crippen LogP contribution < -0.4 is 0 Å². The summed E-state index contributed by atoms with van der Waals surface area (Å²) >= 11 is 1.29. The van der Waals surface area contributed by atoms with E-state index in [1.54, 1.807) is 0 Å². The van der Waals surface area contributed by atoms with E-state index in [-0.39, 0.29) is 0 Å². The minimum Gasteiger partial charge on any atom is -0.477 e. The van der Waals surface area contributed by atoms with Crippen LogP contribution in [0.5, 0.6) is 0 Å². The number of hydrogen-bond acceptors (Lipinski definition) is 3. The van der Waals surface area contributed by atoms with Crippen LogP contribution >= 0.6 is 11.3 Å². The van der Waals surface area contributed by atoms with Crippen molar-refractivity contribution in [3.8, 4) is 11.3 Å². The number of carbonyl (C=O) groups is 1. The van der Waals surface area contributed by atoms with E-state index in [4.69, 9.17) is 0 Å². The standard InChI is InChI=1S/C19H17NO2S/c21-19(22)18-17(15-11-5-2-6-12-15)20-16(23-18)13-7-10-14-8-3-1-4-9-14/h1-6,8-9,11-12H,7,10,13H2,(H,21,22). The Balaban J connectivity index is 1.75. The van der Waals surface area contributed by atoms with Gasteiger partial charge in [-0.3, -0.25) is 0 Å². The van der Waals surface area contributed by atoms with Crippen molar-refractivity contribution in [3.05, 3.63) is 76.1 Å². The molecule has 0 spiro atoms. The molecule has 3 aromatic rings. The predicted octanol–water partition coefficient (Wildman–Crippen LogP) is 4.68. The summed E-state index contributed by atoms with van der Waals surface area (Å²) in [5.74, 6) is -0.907. The van der Waals surface area contributed by atoms with Gasteiger partial charge >= 0.3 is 5.97 Å². The molecular formula is C19H17NO2S. The summed E-state index contributed by atoms with van der Waals surface area (Å²) < 4.78 is 0. The Kier molecular flexibility index (Phi) is 4.83. The third kappa shape index (κ3) is 3.85. The van der Waals surface area contributed by atoms with Crippen molar-refractivity contribution in [1.29, 1.82) is 0 Å². The Bertz CT molecular complexity index is 782. The van der Waals surface area contributed by atoms with Crippen molar-refractivity contribution in [2.45, 2.75) is 19.3 Å². The fourth-order valence-electron chi connectivity index (χ4n) is 2.50. The number of aromatic nitrogens is 1. The van der Waals surface area contributed by atoms with Gasteiger partial charge in [-0.05, 0) is 24.8 Å². The second kappa shape index (κ2) is 7.20. The first kappa shape index (κ1) is 15.4. The highest BCUT2D eigenvalue weighted by Crippen LogP contribution is 2.29. The fraction of sp³-hybridized carbons (Fsp3) is 0.158. The van der Waals surface area contributed by atoms with E-state index in [2.05, 4.69) is 17.1 Å². The quantitative estimate of drug-likeness (QED) is 0.716. The smallest absolute Gasteiger partial charge is 0.348 e. The van der Waals surface area contributed by atoms with Gasteiger partial charge in [-0.2, -0.15) is 0 Å². The second-order valence-electron chi connectivity index (χ2n) is 5.30. The molecule has 0 amide bonds. The van der Waals surface area contributed by atoms with Gasteiger partial charge in [-0.25, -0.2) is 9.78 Å². The van der Waals surface area contributed by atoms with Crippen molar-refractivity contribution in [1.82, 2.24) is 4.98 Å². The first-order chi connectivity index (χ1) is 11.2. The van der Waals surface area contributed by atoms with Crippen LogP contribution in [-0.2, 0) is 12.8 Å². The number of aromatic carboxylic acids is 1. The normalized spacial score (nSPS) is 10.6. The van der Waals surface area contributed by atoms with Gasteiger partial charge in [-0.1, -0.05) is 60.7 Å². The maximum Gasteiger partial charge on any atom is 0.348 e. The number of carboxylic acid groups (broad SMARTS) is 1. The average molecular weight is 323 g/mol. The topological polar surface area (TPSA) is 50.2 Å². The average Bonchev–Trinajstić information content (AvgIpc) is 3.01. The van der Waals surface area contributed by atoms with Gasteiger partial charge in [0, 0.05) is 5.56 Å². The van der Waals surface area contributed by atoms with Crippen molar-refractivity contribution < 1.29 is 9.90 Å². The zero-order valence-corrected chi connectivity index (χ0v) is 13.4. The van der Waals surface area contributed by atoms with E-state index < -0.39 is 5.97 Å². The first-order valence-corrected chi connectivity index (χ1v) is 8.38. The number of nitrogens with zero attached hydrogens (tertiary/aromatic N) is 1. The maximum absolute atomic E-state index is 11.5. The van der Waals surface area contributed by atoms with Gasteiger partial charge in [0.25, 0.3) is 0 Å². The molecule has 116 valence electrons. The number of aryl methyl sites for hydroxylation is 2. The van der Waals surface area contributed by atoms with Crippen LogP contribution in [0.3, 0.4) is 0 Å². The largest absolute Gasteiger partial charge is 0.477 e. The molecule has 0 fully saturated rings. The molecule has 4 heteroatoms. The van der Waals surface area contributed by atoms with Crippen LogP contribution in [0.2, 0.25) is 0 Å². The summed E-state index contributed by atoms with van der Waals surface area (Å²) in [6, 6.07) is 19.8. The molecular weight excluding hydrogens is 306 g/mol. The molecule has 1 N–H and O–H groups in total. The van der Waals surface area contributed by atoms with Gasteiger partial charge in [0.05, 0.1) is 10.7 Å². The molecule has 1 heterocycles. The minimum absolute atomic E-state index is 0.325. The summed E-state index contributed by atoms with van der Waals surface area (Å²) in [4.78, 5) is 16.4. The molecule has 23 heavy (non-hydrogen) atoms. The third-order valence-electron chi connectivity index (χ3n) is 3.61. The lowest BCUT2D eigenvalue weighted by Gasteiger charge is -1.99. The Labute approximate surface area is 139 Å². The number of carboxylic acids is 1. The van der Waals surface area contributed by atoms with Crippen LogP contribution in [0.15, 0.2) is 60.7 Å². The first-order valence-electron chi connectivity index (χ1n) is 7.56. The van der Waals surface area contributed by atoms with Crippen molar-refractivity contribution >= 4 is 17.3 Å². The van der Waals surface area contributed by atoms with Gasteiger partial charge in [0.15, 0.2) is 0 Å². The Morgan fingerprint density at radius 2 is 1.61 bits per heavy atom. The van der Waals surface area contributed by atoms with Crippen molar-refractivity contribution in [2.24, 2.45) is 0 Å². The minimum atomic E-state index is -0.907. The van der Waals surface area contributed by atoms with Gasteiger partial charge in [0.1, 0.15) is 4.88 Å². The monoisotopic (exact) mass is 323 g/mol. The predicted molar refractivity (Wildman–Crippen MR) is 93.0 cm³/mol. The van der Waals surface area contributed by atoms with Crippen LogP contribution in [0, 0.1) is 0 Å². The van der Waals surface area contributed by atoms with Crippen LogP contribution in [0.4, 0.5) is 0 Å². The molecule has 1 aromatic heterocycles. The molecule has 0 saturated heterocycles. The molecule has 0 unspecified atom stereocenters. The molecule has 0 aliphatic rings. The van der Waals surface area contributed by atoms with E-state index in [0.29, 0.717) is 10.6 Å². The Hall–Kier alpha value is -2.46. The lowest BCUT2D eigenvalue weighted by atomic mass is 10.1. The summed E-state index contributed by atoms with van der Waals surface area (Å²) in [5.41, 5.74) is 2.74. The van der Waals surface area contributed by atoms with E-state index in [1.807, 2.05) is 48.5 Å². The molecule has 2 aromatic carbocycles. The second-order valence-corrected chi connectivity index (χ2v) is 6.38. The van der Waals surface area contributed by atoms with Crippen LogP contribution in [0.1, 0.15) is 26.7 Å². The van der Waals surface area contributed by atoms with Gasteiger partial charge in [0.2, 0.25) is 0 Å². The van der Waals surface area contributed by atoms with Crippen LogP contribution in [-0.4, -0.2) is 16.1 Å². The molecule has 0 aliphatic carbocycles. The van der Waals surface area contributed by atoms with Crippen LogP contribution in [0.25, 0.3) is 11.3 Å². The molecule has 3 rings (SSSR count). The highest BCUT2D eigenvalue weighted by atomic mass is 32.1. The summed E-state index contributed by atoms with van der Waals surface area (Å²) in [5, 5.41) is 10.3. The molecule has 0 atom stereocenters. The molecule has 0 bridgehead atoms. The Morgan fingerprint density at radius 3 is 2.26 bits per heavy atom. The van der Waals surface area contributed by atoms with Gasteiger partial charge in [-0.15, -0.1) is 11.3 Å². The van der Waals surface area contributed by atoms with E-state index in [9.17, 15) is 9.90 Å². The number of thiazole rings is 1. The SMILES string of the molecule is O=C(O)c1sc(CCCc2ccccc2)nc1-c1ccccc1. The number of rotatable bonds is 6.